The topological polar surface area (TPSA) is 84.4 Å². The van der Waals surface area contributed by atoms with Gasteiger partial charge in [0.2, 0.25) is 0 Å². The van der Waals surface area contributed by atoms with Gasteiger partial charge >= 0.3 is 5.91 Å². The van der Waals surface area contributed by atoms with Crippen molar-refractivity contribution in [2.24, 2.45) is 0 Å². The zero-order valence-corrected chi connectivity index (χ0v) is 13.9. The molecule has 1 N–H and O–H groups in total. The Morgan fingerprint density at radius 1 is 1.28 bits per heavy atom. The largest absolute Gasteiger partial charge is 0.465 e. The summed E-state index contributed by atoms with van der Waals surface area (Å²) in [6.07, 6.45) is 3.61. The number of amides is 1. The van der Waals surface area contributed by atoms with Crippen LogP contribution in [0.3, 0.4) is 0 Å². The molecule has 0 saturated heterocycles. The molecule has 0 aliphatic carbocycles. The predicted octanol–water partition coefficient (Wildman–Crippen LogP) is 2.42. The molecule has 0 saturated carbocycles. The molecule has 4 rings (SSSR count). The summed E-state index contributed by atoms with van der Waals surface area (Å²) in [6.45, 7) is 4.26. The van der Waals surface area contributed by atoms with E-state index in [0.29, 0.717) is 25.4 Å². The number of oxazole rings is 1. The number of rotatable bonds is 5. The molecule has 0 bridgehead atoms. The molecule has 1 amide bonds. The van der Waals surface area contributed by atoms with E-state index in [1.807, 2.05) is 37.4 Å². The monoisotopic (exact) mass is 338 g/mol. The minimum atomic E-state index is -0.331. The zero-order valence-electron chi connectivity index (χ0n) is 13.9. The molecule has 0 radical (unpaired) electrons. The highest BCUT2D eigenvalue weighted by Crippen LogP contribution is 2.24. The summed E-state index contributed by atoms with van der Waals surface area (Å²) >= 11 is 0. The number of nitrogens with zero attached hydrogens (tertiary/aromatic N) is 3. The van der Waals surface area contributed by atoms with Gasteiger partial charge in [0.1, 0.15) is 17.3 Å². The summed E-state index contributed by atoms with van der Waals surface area (Å²) < 4.78 is 11.1. The quantitative estimate of drug-likeness (QED) is 0.769. The summed E-state index contributed by atoms with van der Waals surface area (Å²) in [7, 11) is 0. The second-order valence-electron chi connectivity index (χ2n) is 6.09. The Morgan fingerprint density at radius 3 is 2.92 bits per heavy atom. The van der Waals surface area contributed by atoms with Gasteiger partial charge < -0.3 is 14.2 Å². The zero-order chi connectivity index (χ0) is 17.2. The Balaban J connectivity index is 1.35. The molecule has 7 heteroatoms. The average molecular weight is 338 g/mol. The Bertz CT molecular complexity index is 861. The molecule has 0 fully saturated rings. The normalized spacial score (nSPS) is 13.8. The van der Waals surface area contributed by atoms with Gasteiger partial charge in [-0.15, -0.1) is 0 Å². The molecular formula is C18H18N4O3. The van der Waals surface area contributed by atoms with Gasteiger partial charge in [0, 0.05) is 25.5 Å². The van der Waals surface area contributed by atoms with Gasteiger partial charge in [-0.05, 0) is 30.7 Å². The van der Waals surface area contributed by atoms with Gasteiger partial charge in [-0.1, -0.05) is 6.07 Å². The number of aromatic nitrogens is 2. The molecule has 3 aromatic rings. The van der Waals surface area contributed by atoms with Crippen LogP contribution in [0.1, 0.15) is 39.2 Å². The molecule has 0 atom stereocenters. The first kappa shape index (κ1) is 15.6. The van der Waals surface area contributed by atoms with E-state index in [1.165, 1.54) is 0 Å². The molecule has 128 valence electrons. The van der Waals surface area contributed by atoms with Crippen molar-refractivity contribution in [2.45, 2.75) is 33.1 Å². The molecule has 3 aromatic heterocycles. The van der Waals surface area contributed by atoms with E-state index in [1.54, 1.807) is 6.20 Å². The van der Waals surface area contributed by atoms with Crippen molar-refractivity contribution in [3.63, 3.8) is 0 Å². The summed E-state index contributed by atoms with van der Waals surface area (Å²) in [5.41, 5.74) is 1.96. The molecule has 0 unspecified atom stereocenters. The number of carbonyl (C=O) groups is 1. The van der Waals surface area contributed by atoms with E-state index in [2.05, 4.69) is 20.2 Å². The molecule has 0 aromatic carbocycles. The fourth-order valence-electron chi connectivity index (χ4n) is 2.88. The van der Waals surface area contributed by atoms with E-state index >= 15 is 0 Å². The van der Waals surface area contributed by atoms with E-state index < -0.39 is 0 Å². The fourth-order valence-corrected chi connectivity index (χ4v) is 2.88. The summed E-state index contributed by atoms with van der Waals surface area (Å²) in [6, 6.07) is 7.65. The first-order valence-electron chi connectivity index (χ1n) is 8.11. The smallest absolute Gasteiger partial charge is 0.307 e. The molecule has 1 aliphatic heterocycles. The van der Waals surface area contributed by atoms with Gasteiger partial charge in [-0.3, -0.25) is 14.7 Å². The summed E-state index contributed by atoms with van der Waals surface area (Å²) in [5.74, 6) is 2.04. The second kappa shape index (κ2) is 6.52. The van der Waals surface area contributed by atoms with Crippen LogP contribution in [-0.4, -0.2) is 20.8 Å². The van der Waals surface area contributed by atoms with E-state index in [4.69, 9.17) is 8.83 Å². The second-order valence-corrected chi connectivity index (χ2v) is 6.09. The number of nitrogens with one attached hydrogen (secondary N) is 1. The van der Waals surface area contributed by atoms with Crippen LogP contribution >= 0.6 is 0 Å². The molecule has 4 heterocycles. The molecule has 25 heavy (non-hydrogen) atoms. The lowest BCUT2D eigenvalue weighted by Gasteiger charge is -2.13. The fraction of sp³-hybridized carbons (Fsp3) is 0.278. The number of furan rings is 1. The predicted molar refractivity (Wildman–Crippen MR) is 88.3 cm³/mol. The van der Waals surface area contributed by atoms with Gasteiger partial charge in [0.25, 0.3) is 5.89 Å². The molecule has 1 aliphatic rings. The van der Waals surface area contributed by atoms with Gasteiger partial charge in [-0.25, -0.2) is 4.98 Å². The number of fused-ring (bicyclic) bond motifs is 1. The lowest BCUT2D eigenvalue weighted by molar-refractivity contribution is 0.0908. The van der Waals surface area contributed by atoms with Crippen LogP contribution in [0, 0.1) is 6.92 Å². The van der Waals surface area contributed by atoms with Crippen molar-refractivity contribution in [2.75, 3.05) is 0 Å². The van der Waals surface area contributed by atoms with Gasteiger partial charge in [0.15, 0.2) is 0 Å². The Kier molecular flexibility index (Phi) is 4.07. The first-order chi connectivity index (χ1) is 12.2. The van der Waals surface area contributed by atoms with Crippen molar-refractivity contribution in [1.29, 1.82) is 0 Å². The van der Waals surface area contributed by atoms with Crippen LogP contribution in [0.4, 0.5) is 0 Å². The van der Waals surface area contributed by atoms with Gasteiger partial charge in [-0.2, -0.15) is 0 Å². The average Bonchev–Trinajstić information content (AvgIpc) is 3.28. The Labute approximate surface area is 144 Å². The number of carbonyl (C=O) groups excluding carboxylic acids is 1. The van der Waals surface area contributed by atoms with E-state index in [9.17, 15) is 4.79 Å². The SMILES string of the molecule is Cc1ccc(CNC(=O)c2nc3c(o2)CN(Cc2cccnc2)C3)o1. The van der Waals surface area contributed by atoms with E-state index in [0.717, 1.165) is 29.3 Å². The van der Waals surface area contributed by atoms with Crippen molar-refractivity contribution in [3.8, 4) is 0 Å². The van der Waals surface area contributed by atoms with Crippen LogP contribution in [-0.2, 0) is 26.2 Å². The lowest BCUT2D eigenvalue weighted by Crippen LogP contribution is -2.23. The number of aryl methyl sites for hydroxylation is 1. The molecule has 0 spiro atoms. The maximum absolute atomic E-state index is 12.2. The maximum Gasteiger partial charge on any atom is 0.307 e. The third-order valence-electron chi connectivity index (χ3n) is 4.06. The highest BCUT2D eigenvalue weighted by atomic mass is 16.4. The van der Waals surface area contributed by atoms with E-state index in [-0.39, 0.29) is 11.8 Å². The highest BCUT2D eigenvalue weighted by molar-refractivity contribution is 5.89. The van der Waals surface area contributed by atoms with Crippen molar-refractivity contribution in [1.82, 2.24) is 20.2 Å². The number of hydrogen-bond donors (Lipinski definition) is 1. The minimum absolute atomic E-state index is 0.106. The third kappa shape index (κ3) is 3.46. The highest BCUT2D eigenvalue weighted by Gasteiger charge is 2.27. The molecule has 7 nitrogen and oxygen atoms in total. The Morgan fingerprint density at radius 2 is 2.20 bits per heavy atom. The maximum atomic E-state index is 12.2. The number of hydrogen-bond acceptors (Lipinski definition) is 6. The van der Waals surface area contributed by atoms with Gasteiger partial charge in [0.05, 0.1) is 18.8 Å². The van der Waals surface area contributed by atoms with Crippen LogP contribution in [0.25, 0.3) is 0 Å². The van der Waals surface area contributed by atoms with Crippen LogP contribution in [0.2, 0.25) is 0 Å². The third-order valence-corrected chi connectivity index (χ3v) is 4.06. The van der Waals surface area contributed by atoms with Crippen molar-refractivity contribution >= 4 is 5.91 Å². The minimum Gasteiger partial charge on any atom is -0.465 e. The molecular weight excluding hydrogens is 320 g/mol. The standard InChI is InChI=1S/C18H18N4O3/c1-12-4-5-14(24-12)8-20-17(23)18-21-15-10-22(11-16(15)25-18)9-13-3-2-6-19-7-13/h2-7H,8-11H2,1H3,(H,20,23). The summed E-state index contributed by atoms with van der Waals surface area (Å²) in [4.78, 5) is 22.8. The first-order valence-corrected chi connectivity index (χ1v) is 8.11. The number of pyridine rings is 1. The lowest BCUT2D eigenvalue weighted by atomic mass is 10.3. The van der Waals surface area contributed by atoms with Crippen molar-refractivity contribution < 1.29 is 13.6 Å². The van der Waals surface area contributed by atoms with Crippen LogP contribution in [0.15, 0.2) is 45.5 Å². The Hall–Kier alpha value is -2.93. The summed E-state index contributed by atoms with van der Waals surface area (Å²) in [5, 5.41) is 2.76. The van der Waals surface area contributed by atoms with Crippen molar-refractivity contribution in [3.05, 3.63) is 71.1 Å². The van der Waals surface area contributed by atoms with Crippen LogP contribution in [0.5, 0.6) is 0 Å². The van der Waals surface area contributed by atoms with Crippen LogP contribution < -0.4 is 5.32 Å².